The van der Waals surface area contributed by atoms with Crippen LogP contribution in [0, 0.1) is 10.7 Å². The molecule has 0 unspecified atom stereocenters. The van der Waals surface area contributed by atoms with Crippen LogP contribution in [0.5, 0.6) is 5.75 Å². The van der Waals surface area contributed by atoms with Gasteiger partial charge in [0.1, 0.15) is 11.4 Å². The molecule has 0 atom stereocenters. The number of nitroso groups, excluding NO2 is 1. The molecule has 0 spiro atoms. The first kappa shape index (κ1) is 14.3. The predicted molar refractivity (Wildman–Crippen MR) is 84.4 cm³/mol. The molecule has 0 aliphatic carbocycles. The summed E-state index contributed by atoms with van der Waals surface area (Å²) in [5.41, 5.74) is 1.66. The van der Waals surface area contributed by atoms with E-state index >= 15 is 0 Å². The molecule has 1 aliphatic rings. The average molecular weight is 301 g/mol. The topological polar surface area (TPSA) is 56.1 Å². The van der Waals surface area contributed by atoms with Gasteiger partial charge in [-0.1, -0.05) is 0 Å². The normalized spacial score (nSPS) is 15.0. The molecule has 3 rings (SSSR count). The standard InChI is InChI=1S/C16H16FN3O2/c17-15-11-13(3-6-16(15)18-22)20-9-7-19(8-10-20)12-1-4-14(21)5-2-12/h1-6,11,21H,7-10H2. The number of phenols is 1. The highest BCUT2D eigenvalue weighted by atomic mass is 19.1. The van der Waals surface area contributed by atoms with Gasteiger partial charge >= 0.3 is 0 Å². The van der Waals surface area contributed by atoms with E-state index in [-0.39, 0.29) is 11.4 Å². The van der Waals surface area contributed by atoms with Crippen molar-refractivity contribution in [3.63, 3.8) is 0 Å². The summed E-state index contributed by atoms with van der Waals surface area (Å²) in [7, 11) is 0. The Hall–Kier alpha value is -2.63. The highest BCUT2D eigenvalue weighted by Gasteiger charge is 2.18. The number of hydrogen-bond donors (Lipinski definition) is 1. The van der Waals surface area contributed by atoms with Crippen LogP contribution in [0.15, 0.2) is 47.6 Å². The monoisotopic (exact) mass is 301 g/mol. The molecule has 6 heteroatoms. The summed E-state index contributed by atoms with van der Waals surface area (Å²) in [5.74, 6) is -0.338. The zero-order valence-electron chi connectivity index (χ0n) is 11.9. The lowest BCUT2D eigenvalue weighted by molar-refractivity contribution is 0.475. The van der Waals surface area contributed by atoms with Gasteiger partial charge in [-0.15, -0.1) is 4.91 Å². The molecule has 114 valence electrons. The number of aromatic hydroxyl groups is 1. The van der Waals surface area contributed by atoms with Gasteiger partial charge in [-0.05, 0) is 47.6 Å². The fourth-order valence-corrected chi connectivity index (χ4v) is 2.65. The van der Waals surface area contributed by atoms with E-state index < -0.39 is 5.82 Å². The maximum atomic E-state index is 13.6. The number of rotatable bonds is 3. The van der Waals surface area contributed by atoms with Crippen LogP contribution in [0.2, 0.25) is 0 Å². The summed E-state index contributed by atoms with van der Waals surface area (Å²) in [5, 5.41) is 12.0. The summed E-state index contributed by atoms with van der Waals surface area (Å²) >= 11 is 0. The Bertz CT molecular complexity index is 668. The van der Waals surface area contributed by atoms with E-state index in [0.717, 1.165) is 37.6 Å². The highest BCUT2D eigenvalue weighted by Crippen LogP contribution is 2.26. The number of phenolic OH excluding ortho intramolecular Hbond substituents is 1. The number of benzene rings is 2. The molecule has 0 radical (unpaired) electrons. The molecule has 0 bridgehead atoms. The first-order valence-electron chi connectivity index (χ1n) is 7.09. The molecule has 22 heavy (non-hydrogen) atoms. The van der Waals surface area contributed by atoms with Gasteiger partial charge in [0.05, 0.1) is 0 Å². The van der Waals surface area contributed by atoms with E-state index in [1.54, 1.807) is 18.2 Å². The second-order valence-corrected chi connectivity index (χ2v) is 5.22. The minimum atomic E-state index is -0.589. The van der Waals surface area contributed by atoms with Gasteiger partial charge in [-0.2, -0.15) is 0 Å². The zero-order valence-corrected chi connectivity index (χ0v) is 11.9. The maximum absolute atomic E-state index is 13.6. The minimum Gasteiger partial charge on any atom is -0.508 e. The molecular formula is C16H16FN3O2. The summed E-state index contributed by atoms with van der Waals surface area (Å²) in [6.07, 6.45) is 0. The first-order valence-corrected chi connectivity index (χ1v) is 7.09. The quantitative estimate of drug-likeness (QED) is 0.884. The zero-order chi connectivity index (χ0) is 15.5. The summed E-state index contributed by atoms with van der Waals surface area (Å²) < 4.78 is 13.6. The van der Waals surface area contributed by atoms with Gasteiger partial charge in [0.2, 0.25) is 0 Å². The van der Waals surface area contributed by atoms with Crippen molar-refractivity contribution in [3.05, 3.63) is 53.2 Å². The van der Waals surface area contributed by atoms with Crippen molar-refractivity contribution in [2.45, 2.75) is 0 Å². The van der Waals surface area contributed by atoms with Crippen LogP contribution in [0.4, 0.5) is 21.5 Å². The second kappa shape index (κ2) is 6.01. The summed E-state index contributed by atoms with van der Waals surface area (Å²) in [6, 6.07) is 11.6. The number of piperazine rings is 1. The maximum Gasteiger partial charge on any atom is 0.154 e. The third-order valence-corrected chi connectivity index (χ3v) is 3.89. The Labute approximate surface area is 127 Å². The van der Waals surface area contributed by atoms with E-state index in [0.29, 0.717) is 0 Å². The third kappa shape index (κ3) is 2.86. The largest absolute Gasteiger partial charge is 0.508 e. The molecule has 0 aromatic heterocycles. The average Bonchev–Trinajstić information content (AvgIpc) is 2.56. The fourth-order valence-electron chi connectivity index (χ4n) is 2.65. The molecule has 1 aliphatic heterocycles. The molecule has 1 N–H and O–H groups in total. The van der Waals surface area contributed by atoms with Crippen LogP contribution in [-0.2, 0) is 0 Å². The van der Waals surface area contributed by atoms with Crippen molar-refractivity contribution < 1.29 is 9.50 Å². The van der Waals surface area contributed by atoms with Crippen LogP contribution in [0.3, 0.4) is 0 Å². The van der Waals surface area contributed by atoms with E-state index in [4.69, 9.17) is 0 Å². The molecule has 1 saturated heterocycles. The van der Waals surface area contributed by atoms with Crippen LogP contribution in [0.25, 0.3) is 0 Å². The Kier molecular flexibility index (Phi) is 3.91. The van der Waals surface area contributed by atoms with Crippen molar-refractivity contribution in [2.75, 3.05) is 36.0 Å². The number of anilines is 2. The van der Waals surface area contributed by atoms with Gasteiger partial charge in [-0.3, -0.25) is 0 Å². The van der Waals surface area contributed by atoms with Gasteiger partial charge in [0.25, 0.3) is 0 Å². The second-order valence-electron chi connectivity index (χ2n) is 5.22. The molecular weight excluding hydrogens is 285 g/mol. The van der Waals surface area contributed by atoms with Crippen molar-refractivity contribution in [2.24, 2.45) is 5.18 Å². The lowest BCUT2D eigenvalue weighted by atomic mass is 10.2. The van der Waals surface area contributed by atoms with Crippen molar-refractivity contribution in [3.8, 4) is 5.75 Å². The lowest BCUT2D eigenvalue weighted by Crippen LogP contribution is -2.46. The molecule has 2 aromatic carbocycles. The highest BCUT2D eigenvalue weighted by molar-refractivity contribution is 5.56. The van der Waals surface area contributed by atoms with E-state index in [1.165, 1.54) is 12.1 Å². The minimum absolute atomic E-state index is 0.161. The van der Waals surface area contributed by atoms with Crippen molar-refractivity contribution >= 4 is 17.1 Å². The van der Waals surface area contributed by atoms with Crippen LogP contribution in [0.1, 0.15) is 0 Å². The fraction of sp³-hybridized carbons (Fsp3) is 0.250. The lowest BCUT2D eigenvalue weighted by Gasteiger charge is -2.37. The van der Waals surface area contributed by atoms with Gasteiger partial charge in [-0.25, -0.2) is 4.39 Å². The van der Waals surface area contributed by atoms with Crippen LogP contribution in [-0.4, -0.2) is 31.3 Å². The molecule has 0 amide bonds. The van der Waals surface area contributed by atoms with Crippen LogP contribution >= 0.6 is 0 Å². The molecule has 5 nitrogen and oxygen atoms in total. The van der Waals surface area contributed by atoms with Gasteiger partial charge in [0, 0.05) is 37.6 Å². The summed E-state index contributed by atoms with van der Waals surface area (Å²) in [6.45, 7) is 3.13. The van der Waals surface area contributed by atoms with Crippen molar-refractivity contribution in [1.29, 1.82) is 0 Å². The Balaban J connectivity index is 1.67. The SMILES string of the molecule is O=Nc1ccc(N2CCN(c3ccc(O)cc3)CC2)cc1F. The summed E-state index contributed by atoms with van der Waals surface area (Å²) in [4.78, 5) is 14.7. The Morgan fingerprint density at radius 3 is 2.00 bits per heavy atom. The smallest absolute Gasteiger partial charge is 0.154 e. The van der Waals surface area contributed by atoms with Gasteiger partial charge < -0.3 is 14.9 Å². The number of halogens is 1. The van der Waals surface area contributed by atoms with Gasteiger partial charge in [0.15, 0.2) is 5.82 Å². The molecule has 1 fully saturated rings. The molecule has 0 saturated carbocycles. The van der Waals surface area contributed by atoms with Crippen molar-refractivity contribution in [1.82, 2.24) is 0 Å². The number of nitrogens with zero attached hydrogens (tertiary/aromatic N) is 3. The van der Waals surface area contributed by atoms with E-state index in [9.17, 15) is 14.4 Å². The molecule has 1 heterocycles. The first-order chi connectivity index (χ1) is 10.7. The molecule has 2 aromatic rings. The number of hydrogen-bond acceptors (Lipinski definition) is 5. The Morgan fingerprint density at radius 2 is 1.45 bits per heavy atom. The Morgan fingerprint density at radius 1 is 0.909 bits per heavy atom. The van der Waals surface area contributed by atoms with Crippen LogP contribution < -0.4 is 9.80 Å². The predicted octanol–water partition coefficient (Wildman–Crippen LogP) is 3.26. The third-order valence-electron chi connectivity index (χ3n) is 3.89. The van der Waals surface area contributed by atoms with E-state index in [2.05, 4.69) is 15.0 Å². The van der Waals surface area contributed by atoms with E-state index in [1.807, 2.05) is 12.1 Å².